The van der Waals surface area contributed by atoms with Crippen molar-refractivity contribution in [1.29, 1.82) is 0 Å². The lowest BCUT2D eigenvalue weighted by Gasteiger charge is -2.35. The van der Waals surface area contributed by atoms with Crippen LogP contribution in [0.15, 0.2) is 261 Å². The van der Waals surface area contributed by atoms with E-state index in [0.29, 0.717) is 35.6 Å². The summed E-state index contributed by atoms with van der Waals surface area (Å²) in [6, 6.07) is 44.0. The van der Waals surface area contributed by atoms with E-state index in [-0.39, 0.29) is 59.0 Å². The summed E-state index contributed by atoms with van der Waals surface area (Å²) in [4.78, 5) is 14.0. The van der Waals surface area contributed by atoms with Crippen LogP contribution in [0.4, 0.5) is 17.1 Å². The first-order chi connectivity index (χ1) is 43.7. The van der Waals surface area contributed by atoms with E-state index < -0.39 is 31.2 Å². The monoisotopic (exact) mass is 1060 g/mol. The highest BCUT2D eigenvalue weighted by Crippen LogP contribution is 2.47. The minimum absolute atomic E-state index is 0.00565. The number of rotatable bonds is 11. The zero-order chi connectivity index (χ0) is 63.3. The molecule has 5 aliphatic heterocycles. The summed E-state index contributed by atoms with van der Waals surface area (Å²) in [6.07, 6.45) is 27.2. The molecule has 14 rings (SSSR count). The lowest BCUT2D eigenvalue weighted by atomic mass is 9.48. The van der Waals surface area contributed by atoms with Gasteiger partial charge in [-0.25, -0.2) is 4.98 Å². The quantitative estimate of drug-likeness (QED) is 0.120. The normalized spacial score (nSPS) is 17.5. The molecule has 0 radical (unpaired) electrons. The molecule has 0 fully saturated rings. The van der Waals surface area contributed by atoms with E-state index >= 15 is 0 Å². The van der Waals surface area contributed by atoms with Gasteiger partial charge in [0.15, 0.2) is 0 Å². The van der Waals surface area contributed by atoms with E-state index in [9.17, 15) is 2.74 Å². The average Bonchev–Trinajstić information content (AvgIpc) is 1.73. The van der Waals surface area contributed by atoms with Crippen molar-refractivity contribution in [1.82, 2.24) is 19.2 Å². The summed E-state index contributed by atoms with van der Waals surface area (Å²) in [7, 11) is 0. The van der Waals surface area contributed by atoms with E-state index in [1.165, 1.54) is 63.7 Å². The molecular weight excluding hydrogens is 986 g/mol. The molecule has 0 atom stereocenters. The lowest BCUT2D eigenvalue weighted by Crippen LogP contribution is -2.37. The number of fused-ring (bicyclic) bond motifs is 6. The third-order valence-corrected chi connectivity index (χ3v) is 16.1. The Morgan fingerprint density at radius 2 is 1.25 bits per heavy atom. The Balaban J connectivity index is 0.900. The number of para-hydroxylation sites is 3. The number of benzene rings is 7. The minimum atomic E-state index is -3.10. The molecule has 2 aromatic heterocycles. The molecule has 9 aromatic rings. The van der Waals surface area contributed by atoms with Crippen LogP contribution < -0.4 is 14.5 Å². The third-order valence-electron chi connectivity index (χ3n) is 16.1. The number of anilines is 3. The van der Waals surface area contributed by atoms with Crippen molar-refractivity contribution in [2.75, 3.05) is 16.5 Å². The zero-order valence-corrected chi connectivity index (χ0v) is 45.2. The van der Waals surface area contributed by atoms with Crippen molar-refractivity contribution >= 4 is 63.5 Å². The van der Waals surface area contributed by atoms with Gasteiger partial charge in [0.2, 0.25) is 0 Å². The van der Waals surface area contributed by atoms with E-state index in [1.807, 2.05) is 30.3 Å². The molecule has 0 spiro atoms. The van der Waals surface area contributed by atoms with Crippen LogP contribution in [0.25, 0.3) is 49.7 Å². The number of hydrogen-bond acceptors (Lipinski definition) is 6. The predicted molar refractivity (Wildman–Crippen MR) is 340 cm³/mol. The fourth-order valence-electron chi connectivity index (χ4n) is 12.0. The first kappa shape index (κ1) is 39.8. The van der Waals surface area contributed by atoms with Gasteiger partial charge in [-0.1, -0.05) is 174 Å². The summed E-state index contributed by atoms with van der Waals surface area (Å²) in [6.45, 7) is 1.70. The molecule has 7 nitrogen and oxygen atoms in total. The first-order valence-corrected chi connectivity index (χ1v) is 27.5. The summed E-state index contributed by atoms with van der Waals surface area (Å²) < 4.78 is 98.4. The van der Waals surface area contributed by atoms with Crippen molar-refractivity contribution in [3.05, 3.63) is 295 Å². The molecule has 392 valence electrons. The fourth-order valence-corrected chi connectivity index (χ4v) is 12.0. The maximum Gasteiger partial charge on any atom is 0.320 e. The summed E-state index contributed by atoms with van der Waals surface area (Å²) in [5, 5.41) is 0.640. The van der Waals surface area contributed by atoms with Crippen molar-refractivity contribution in [2.24, 2.45) is 0 Å². The predicted octanol–water partition coefficient (Wildman–Crippen LogP) is 17.1. The smallest absolute Gasteiger partial charge is 0.320 e. The lowest BCUT2D eigenvalue weighted by molar-refractivity contribution is 0.483. The van der Waals surface area contributed by atoms with Crippen LogP contribution in [0.1, 0.15) is 81.6 Å². The number of ether oxygens (including phenoxy) is 1. The third kappa shape index (κ3) is 9.03. The van der Waals surface area contributed by atoms with E-state index in [0.717, 1.165) is 28.2 Å². The maximum atomic E-state index is 9.36. The second-order valence-electron chi connectivity index (χ2n) is 22.2. The highest BCUT2D eigenvalue weighted by molar-refractivity contribution is 6.83. The van der Waals surface area contributed by atoms with Crippen LogP contribution in [-0.2, 0) is 17.4 Å². The van der Waals surface area contributed by atoms with Crippen molar-refractivity contribution in [3.63, 3.8) is 0 Å². The van der Waals surface area contributed by atoms with Gasteiger partial charge in [-0.2, -0.15) is 0 Å². The van der Waals surface area contributed by atoms with Crippen molar-refractivity contribution in [2.45, 2.75) is 51.8 Å². The molecule has 81 heavy (non-hydrogen) atoms. The Morgan fingerprint density at radius 3 is 1.95 bits per heavy atom. The van der Waals surface area contributed by atoms with Crippen molar-refractivity contribution < 1.29 is 18.4 Å². The molecule has 0 saturated carbocycles. The highest BCUT2D eigenvalue weighted by atomic mass is 16.5. The van der Waals surface area contributed by atoms with E-state index in [1.54, 1.807) is 41.0 Å². The molecule has 0 unspecified atom stereocenters. The molecule has 7 aromatic carbocycles. The Kier molecular flexibility index (Phi) is 9.84. The second kappa shape index (κ2) is 20.0. The number of pyridine rings is 1. The number of nitrogens with zero attached hydrogens (tertiary/aromatic N) is 6. The van der Waals surface area contributed by atoms with Gasteiger partial charge in [-0.05, 0) is 165 Å². The fraction of sp³-hybridized carbons (Fsp3) is 0.125. The summed E-state index contributed by atoms with van der Waals surface area (Å²) in [5.74, 6) is 5.44. The standard InChI is InChI=1S/C72H62B2N6O/c1-71(2,3)55-44-61(64-27-20-40-77-38-18-16-35-73(64)77)63(62(45-55)65-28-21-41-78-39-19-17-36-74(65)78)49-76-50-79(68-31-15-14-30-67(68)76)56-42-52(51-22-8-6-9-23-51)43-58(47-56)81-57-32-33-60-59-26-12-13-29-66(59)80(69(60)48-57)70-46-54(34-37-75-70)72(4,5)53-24-10-7-11-25-53/h6-48H,49-50H2,1-5H3/i4D3,5D3,12D,13D,26D,29D. The van der Waals surface area contributed by atoms with Gasteiger partial charge in [0, 0.05) is 55.0 Å². The average molecular weight is 1060 g/mol. The van der Waals surface area contributed by atoms with Crippen LogP contribution >= 0.6 is 0 Å². The van der Waals surface area contributed by atoms with Gasteiger partial charge in [-0.15, -0.1) is 0 Å². The van der Waals surface area contributed by atoms with E-state index in [4.69, 9.17) is 20.7 Å². The molecule has 0 bridgehead atoms. The topological polar surface area (TPSA) is 40.0 Å². The molecule has 0 saturated heterocycles. The molecule has 0 amide bonds. The molecule has 7 heterocycles. The van der Waals surface area contributed by atoms with Crippen LogP contribution in [0.2, 0.25) is 0 Å². The SMILES string of the molecule is [2H]c1c([2H])c([2H])c2c(c1[2H])c1ccc(Oc3cc(-c4ccccc4)cc(N4CN(Cc5c(C6=CC=CN7C=CC=CB67)cc(C(C)(C)C)cc5C5=CC=CN6C=CC=CB56)c5ccccc54)c3)cc1n2-c1cc(C(c2ccccc2)(C([2H])([2H])[2H])C([2H])([2H])[2H])ccn1. The van der Waals surface area contributed by atoms with Gasteiger partial charge in [0.25, 0.3) is 0 Å². The van der Waals surface area contributed by atoms with Crippen molar-refractivity contribution in [3.8, 4) is 28.4 Å². The molecule has 0 aliphatic carbocycles. The van der Waals surface area contributed by atoms with Gasteiger partial charge >= 0.3 is 13.7 Å². The Bertz CT molecular complexity index is 4600. The molecular formula is C72H62B2N6O. The Labute approximate surface area is 490 Å². The molecule has 5 aliphatic rings. The van der Waals surface area contributed by atoms with Gasteiger partial charge in [0.1, 0.15) is 17.3 Å². The van der Waals surface area contributed by atoms with Gasteiger partial charge < -0.3 is 24.2 Å². The van der Waals surface area contributed by atoms with Gasteiger partial charge in [0.05, 0.1) is 34.6 Å². The minimum Gasteiger partial charge on any atom is -0.457 e. The first-order valence-electron chi connectivity index (χ1n) is 32.5. The number of aromatic nitrogens is 2. The van der Waals surface area contributed by atoms with E-state index in [2.05, 4.69) is 180 Å². The molecule has 0 N–H and O–H groups in total. The largest absolute Gasteiger partial charge is 0.457 e. The Morgan fingerprint density at radius 1 is 0.580 bits per heavy atom. The molecule has 9 heteroatoms. The van der Waals surface area contributed by atoms with Crippen LogP contribution in [0.5, 0.6) is 11.5 Å². The number of hydrogen-bond donors (Lipinski definition) is 0. The summed E-state index contributed by atoms with van der Waals surface area (Å²) >= 11 is 0. The summed E-state index contributed by atoms with van der Waals surface area (Å²) in [5.41, 5.74) is 9.79. The van der Waals surface area contributed by atoms with Crippen LogP contribution in [0.3, 0.4) is 0 Å². The van der Waals surface area contributed by atoms with Crippen LogP contribution in [0, 0.1) is 0 Å². The van der Waals surface area contributed by atoms with Gasteiger partial charge in [-0.3, -0.25) is 4.57 Å². The maximum absolute atomic E-state index is 9.36. The Hall–Kier alpha value is -9.46. The highest BCUT2D eigenvalue weighted by Gasteiger charge is 2.36. The second-order valence-corrected chi connectivity index (χ2v) is 22.2. The number of allylic oxidation sites excluding steroid dienone is 8. The zero-order valence-electron chi connectivity index (χ0n) is 55.2. The van der Waals surface area contributed by atoms with Crippen LogP contribution in [-0.4, -0.2) is 39.5 Å².